The number of aromatic nitrogens is 3. The van der Waals surface area contributed by atoms with Crippen LogP contribution in [0, 0.1) is 6.92 Å². The van der Waals surface area contributed by atoms with Crippen LogP contribution in [-0.2, 0) is 0 Å². The fourth-order valence-electron chi connectivity index (χ4n) is 1.02. The van der Waals surface area contributed by atoms with Crippen LogP contribution < -0.4 is 5.32 Å². The molecule has 1 N–H and O–H groups in total. The van der Waals surface area contributed by atoms with Gasteiger partial charge in [-0.05, 0) is 45.8 Å². The summed E-state index contributed by atoms with van der Waals surface area (Å²) < 4.78 is 4.68. The van der Waals surface area contributed by atoms with Crippen molar-refractivity contribution in [3.63, 3.8) is 0 Å². The van der Waals surface area contributed by atoms with Crippen LogP contribution in [0.5, 0.6) is 0 Å². The van der Waals surface area contributed by atoms with Crippen molar-refractivity contribution in [1.82, 2.24) is 14.8 Å². The molecule has 6 heteroatoms. The molecule has 0 aliphatic carbocycles. The molecular formula is C8H7BrN4S. The lowest BCUT2D eigenvalue weighted by Crippen LogP contribution is -1.90. The predicted octanol–water partition coefficient (Wildman–Crippen LogP) is 2.75. The summed E-state index contributed by atoms with van der Waals surface area (Å²) in [6, 6.07) is 6.05. The third-order valence-electron chi connectivity index (χ3n) is 1.67. The normalized spacial score (nSPS) is 10.1. The molecule has 14 heavy (non-hydrogen) atoms. The first-order valence-corrected chi connectivity index (χ1v) is 5.50. The molecule has 0 aliphatic heterocycles. The smallest absolute Gasteiger partial charge is 0.229 e. The van der Waals surface area contributed by atoms with Gasteiger partial charge in [-0.1, -0.05) is 15.7 Å². The minimum Gasteiger partial charge on any atom is -0.328 e. The highest BCUT2D eigenvalue weighted by atomic mass is 79.9. The van der Waals surface area contributed by atoms with Gasteiger partial charge in [0.25, 0.3) is 0 Å². The van der Waals surface area contributed by atoms with E-state index < -0.39 is 0 Å². The van der Waals surface area contributed by atoms with Crippen LogP contribution in [0.3, 0.4) is 0 Å². The molecule has 1 aromatic carbocycles. The minimum absolute atomic E-state index is 0.689. The number of nitrogens with zero attached hydrogens (tertiary/aromatic N) is 3. The molecule has 0 radical (unpaired) electrons. The van der Waals surface area contributed by atoms with Crippen molar-refractivity contribution in [1.29, 1.82) is 0 Å². The number of benzene rings is 1. The lowest BCUT2D eigenvalue weighted by molar-refractivity contribution is 0.961. The molecule has 0 aliphatic rings. The molecule has 0 atom stereocenters. The summed E-state index contributed by atoms with van der Waals surface area (Å²) in [6.45, 7) is 2.04. The SMILES string of the molecule is Cc1ccc(Nc2nnns2)c(Br)c1. The summed E-state index contributed by atoms with van der Waals surface area (Å²) in [4.78, 5) is 0. The molecule has 0 amide bonds. The molecule has 0 spiro atoms. The van der Waals surface area contributed by atoms with Crippen molar-refractivity contribution in [3.8, 4) is 0 Å². The van der Waals surface area contributed by atoms with E-state index >= 15 is 0 Å². The maximum Gasteiger partial charge on any atom is 0.229 e. The summed E-state index contributed by atoms with van der Waals surface area (Å²) in [6.07, 6.45) is 0. The topological polar surface area (TPSA) is 50.7 Å². The fraction of sp³-hybridized carbons (Fsp3) is 0.125. The van der Waals surface area contributed by atoms with E-state index in [0.29, 0.717) is 5.13 Å². The van der Waals surface area contributed by atoms with Gasteiger partial charge in [0.2, 0.25) is 5.13 Å². The number of anilines is 2. The van der Waals surface area contributed by atoms with Crippen molar-refractivity contribution in [2.45, 2.75) is 6.92 Å². The van der Waals surface area contributed by atoms with Crippen LogP contribution in [0.15, 0.2) is 22.7 Å². The van der Waals surface area contributed by atoms with E-state index in [-0.39, 0.29) is 0 Å². The number of aryl methyl sites for hydroxylation is 1. The summed E-state index contributed by atoms with van der Waals surface area (Å²) in [5.74, 6) is 0. The van der Waals surface area contributed by atoms with Gasteiger partial charge >= 0.3 is 0 Å². The van der Waals surface area contributed by atoms with Gasteiger partial charge in [0.1, 0.15) is 0 Å². The van der Waals surface area contributed by atoms with Crippen LogP contribution in [-0.4, -0.2) is 14.8 Å². The Labute approximate surface area is 93.6 Å². The summed E-state index contributed by atoms with van der Waals surface area (Å²) in [7, 11) is 0. The lowest BCUT2D eigenvalue weighted by Gasteiger charge is -2.04. The summed E-state index contributed by atoms with van der Waals surface area (Å²) >= 11 is 4.69. The predicted molar refractivity (Wildman–Crippen MR) is 59.9 cm³/mol. The molecule has 2 rings (SSSR count). The monoisotopic (exact) mass is 270 g/mol. The molecule has 0 saturated carbocycles. The first-order valence-electron chi connectivity index (χ1n) is 3.94. The van der Waals surface area contributed by atoms with Gasteiger partial charge in [0.05, 0.1) is 5.69 Å². The quantitative estimate of drug-likeness (QED) is 0.912. The number of halogens is 1. The standard InChI is InChI=1S/C8H7BrN4S/c1-5-2-3-7(6(9)4-5)10-8-11-12-13-14-8/h2-4H,1H3,(H,10,11,13). The average Bonchev–Trinajstić information content (AvgIpc) is 2.62. The van der Waals surface area contributed by atoms with E-state index in [2.05, 4.69) is 36.0 Å². The Kier molecular flexibility index (Phi) is 2.74. The Bertz CT molecular complexity index is 429. The molecule has 1 aromatic heterocycles. The summed E-state index contributed by atoms with van der Waals surface area (Å²) in [5.41, 5.74) is 2.17. The number of hydrogen-bond acceptors (Lipinski definition) is 5. The molecule has 0 saturated heterocycles. The molecule has 2 aromatic rings. The van der Waals surface area contributed by atoms with Gasteiger partial charge in [-0.2, -0.15) is 0 Å². The van der Waals surface area contributed by atoms with E-state index in [9.17, 15) is 0 Å². The zero-order valence-corrected chi connectivity index (χ0v) is 9.76. The third kappa shape index (κ3) is 2.08. The molecule has 1 heterocycles. The van der Waals surface area contributed by atoms with Crippen molar-refractivity contribution in [2.75, 3.05) is 5.32 Å². The van der Waals surface area contributed by atoms with Crippen LogP contribution >= 0.6 is 27.5 Å². The maximum atomic E-state index is 3.80. The Morgan fingerprint density at radius 3 is 2.93 bits per heavy atom. The first kappa shape index (κ1) is 9.54. The zero-order valence-electron chi connectivity index (χ0n) is 7.36. The largest absolute Gasteiger partial charge is 0.328 e. The molecular weight excluding hydrogens is 264 g/mol. The average molecular weight is 271 g/mol. The molecule has 0 unspecified atom stereocenters. The van der Waals surface area contributed by atoms with Crippen molar-refractivity contribution in [2.24, 2.45) is 0 Å². The third-order valence-corrected chi connectivity index (χ3v) is 2.83. The molecule has 0 fully saturated rings. The Morgan fingerprint density at radius 1 is 1.43 bits per heavy atom. The van der Waals surface area contributed by atoms with E-state index in [1.54, 1.807) is 0 Å². The van der Waals surface area contributed by atoms with Gasteiger partial charge in [0.15, 0.2) is 0 Å². The second-order valence-electron chi connectivity index (χ2n) is 2.78. The second kappa shape index (κ2) is 4.02. The Hall–Kier alpha value is -1.01. The highest BCUT2D eigenvalue weighted by molar-refractivity contribution is 9.10. The number of rotatable bonds is 2. The molecule has 72 valence electrons. The van der Waals surface area contributed by atoms with Gasteiger partial charge in [-0.3, -0.25) is 0 Å². The van der Waals surface area contributed by atoms with Crippen LogP contribution in [0.2, 0.25) is 0 Å². The number of hydrogen-bond donors (Lipinski definition) is 1. The minimum atomic E-state index is 0.689. The van der Waals surface area contributed by atoms with Gasteiger partial charge in [-0.25, -0.2) is 0 Å². The fourth-order valence-corrected chi connectivity index (χ4v) is 1.99. The van der Waals surface area contributed by atoms with Crippen molar-refractivity contribution in [3.05, 3.63) is 28.2 Å². The van der Waals surface area contributed by atoms with E-state index in [1.165, 1.54) is 17.1 Å². The van der Waals surface area contributed by atoms with Crippen LogP contribution in [0.25, 0.3) is 0 Å². The Morgan fingerprint density at radius 2 is 2.29 bits per heavy atom. The highest BCUT2D eigenvalue weighted by Crippen LogP contribution is 2.26. The lowest BCUT2D eigenvalue weighted by atomic mass is 10.2. The summed E-state index contributed by atoms with van der Waals surface area (Å²) in [5, 5.41) is 11.1. The van der Waals surface area contributed by atoms with Crippen LogP contribution in [0.1, 0.15) is 5.56 Å². The van der Waals surface area contributed by atoms with E-state index in [4.69, 9.17) is 0 Å². The zero-order chi connectivity index (χ0) is 9.97. The second-order valence-corrected chi connectivity index (χ2v) is 4.36. The van der Waals surface area contributed by atoms with Crippen molar-refractivity contribution < 1.29 is 0 Å². The van der Waals surface area contributed by atoms with Crippen LogP contribution in [0.4, 0.5) is 10.8 Å². The highest BCUT2D eigenvalue weighted by Gasteiger charge is 2.02. The molecule has 0 bridgehead atoms. The van der Waals surface area contributed by atoms with E-state index in [0.717, 1.165) is 10.2 Å². The first-order chi connectivity index (χ1) is 6.75. The maximum absolute atomic E-state index is 3.80. The Balaban J connectivity index is 2.25. The molecule has 4 nitrogen and oxygen atoms in total. The van der Waals surface area contributed by atoms with Crippen molar-refractivity contribution >= 4 is 38.3 Å². The number of nitrogens with one attached hydrogen (secondary N) is 1. The van der Waals surface area contributed by atoms with Gasteiger partial charge in [0, 0.05) is 16.0 Å². The van der Waals surface area contributed by atoms with Gasteiger partial charge < -0.3 is 5.32 Å². The van der Waals surface area contributed by atoms with E-state index in [1.807, 2.05) is 25.1 Å². The van der Waals surface area contributed by atoms with Gasteiger partial charge in [-0.15, -0.1) is 0 Å².